The average Bonchev–Trinajstić information content (AvgIpc) is 3.51. The van der Waals surface area contributed by atoms with Gasteiger partial charge in [0.25, 0.3) is 0 Å². The van der Waals surface area contributed by atoms with E-state index in [1.807, 2.05) is 11.9 Å². The molecule has 2 aromatic rings. The number of rotatable bonds is 5. The first-order valence-electron chi connectivity index (χ1n) is 9.94. The summed E-state index contributed by atoms with van der Waals surface area (Å²) in [6, 6.07) is 15.0. The second-order valence-corrected chi connectivity index (χ2v) is 7.96. The minimum Gasteiger partial charge on any atom is -0.372 e. The quantitative estimate of drug-likeness (QED) is 0.777. The molecule has 0 bridgehead atoms. The lowest BCUT2D eigenvalue weighted by Gasteiger charge is -2.29. The Morgan fingerprint density at radius 1 is 1.00 bits per heavy atom. The molecule has 2 aromatic carbocycles. The van der Waals surface area contributed by atoms with Crippen molar-refractivity contribution in [2.45, 2.75) is 44.1 Å². The molecule has 0 spiro atoms. The maximum atomic E-state index is 13.2. The number of halogens is 1. The van der Waals surface area contributed by atoms with Crippen LogP contribution in [-0.4, -0.2) is 30.9 Å². The molecule has 0 atom stereocenters. The van der Waals surface area contributed by atoms with Crippen LogP contribution in [0.15, 0.2) is 48.5 Å². The van der Waals surface area contributed by atoms with Crippen molar-refractivity contribution in [3.8, 4) is 0 Å². The summed E-state index contributed by atoms with van der Waals surface area (Å²) in [6.45, 7) is 2.87. The summed E-state index contributed by atoms with van der Waals surface area (Å²) in [5, 5.41) is 0. The smallest absolute Gasteiger partial charge is 0.233 e. The van der Waals surface area contributed by atoms with E-state index in [0.29, 0.717) is 6.54 Å². The average molecular weight is 366 g/mol. The highest BCUT2D eigenvalue weighted by atomic mass is 19.1. The van der Waals surface area contributed by atoms with Gasteiger partial charge in [0.1, 0.15) is 5.82 Å². The number of likely N-dealkylation sites (N-methyl/N-ethyl adjacent to an activating group) is 1. The van der Waals surface area contributed by atoms with Gasteiger partial charge < -0.3 is 9.80 Å². The summed E-state index contributed by atoms with van der Waals surface area (Å²) in [6.07, 6.45) is 5.55. The molecular weight excluding hydrogens is 339 g/mol. The predicted molar refractivity (Wildman–Crippen MR) is 106 cm³/mol. The second-order valence-electron chi connectivity index (χ2n) is 7.96. The molecule has 1 saturated heterocycles. The van der Waals surface area contributed by atoms with Gasteiger partial charge >= 0.3 is 0 Å². The van der Waals surface area contributed by atoms with Gasteiger partial charge in [0, 0.05) is 32.4 Å². The fourth-order valence-electron chi connectivity index (χ4n) is 4.20. The summed E-state index contributed by atoms with van der Waals surface area (Å²) in [7, 11) is 1.87. The first-order chi connectivity index (χ1) is 13.1. The molecule has 1 saturated carbocycles. The third-order valence-corrected chi connectivity index (χ3v) is 5.98. The minimum atomic E-state index is -0.448. The summed E-state index contributed by atoms with van der Waals surface area (Å²) >= 11 is 0. The Labute approximate surface area is 160 Å². The number of hydrogen-bond donors (Lipinski definition) is 0. The van der Waals surface area contributed by atoms with E-state index in [1.54, 1.807) is 12.1 Å². The monoisotopic (exact) mass is 366 g/mol. The number of benzene rings is 2. The van der Waals surface area contributed by atoms with Crippen LogP contribution in [0.4, 0.5) is 10.1 Å². The Balaban J connectivity index is 1.42. The van der Waals surface area contributed by atoms with Crippen LogP contribution in [0.2, 0.25) is 0 Å². The standard InChI is InChI=1S/C23H27FN2O/c1-25(22(27)23(13-14-23)19-7-9-20(24)10-8-19)17-18-5-11-21(12-6-18)26-15-3-2-4-16-26/h5-12H,2-4,13-17H2,1H3. The van der Waals surface area contributed by atoms with Gasteiger partial charge in [-0.05, 0) is 67.5 Å². The molecule has 2 aliphatic rings. The van der Waals surface area contributed by atoms with E-state index in [0.717, 1.165) is 37.1 Å². The lowest BCUT2D eigenvalue weighted by Crippen LogP contribution is -2.36. The predicted octanol–water partition coefficient (Wildman–Crippen LogP) is 4.51. The summed E-state index contributed by atoms with van der Waals surface area (Å²) < 4.78 is 13.2. The zero-order valence-corrected chi connectivity index (χ0v) is 16.0. The Kier molecular flexibility index (Phi) is 4.90. The maximum absolute atomic E-state index is 13.2. The number of carbonyl (C=O) groups is 1. The van der Waals surface area contributed by atoms with Crippen LogP contribution in [0.1, 0.15) is 43.2 Å². The fraction of sp³-hybridized carbons (Fsp3) is 0.435. The van der Waals surface area contributed by atoms with Gasteiger partial charge in [-0.1, -0.05) is 24.3 Å². The van der Waals surface area contributed by atoms with Gasteiger partial charge in [0.15, 0.2) is 0 Å². The van der Waals surface area contributed by atoms with E-state index in [2.05, 4.69) is 29.2 Å². The van der Waals surface area contributed by atoms with E-state index in [4.69, 9.17) is 0 Å². The van der Waals surface area contributed by atoms with Crippen LogP contribution in [-0.2, 0) is 16.8 Å². The Morgan fingerprint density at radius 2 is 1.63 bits per heavy atom. The SMILES string of the molecule is CN(Cc1ccc(N2CCCCC2)cc1)C(=O)C1(c2ccc(F)cc2)CC1. The van der Waals surface area contributed by atoms with Crippen LogP contribution in [0.5, 0.6) is 0 Å². The zero-order valence-electron chi connectivity index (χ0n) is 16.0. The number of amides is 1. The van der Waals surface area contributed by atoms with E-state index in [1.165, 1.54) is 37.1 Å². The first kappa shape index (κ1) is 18.0. The van der Waals surface area contributed by atoms with Crippen molar-refractivity contribution in [1.29, 1.82) is 0 Å². The highest BCUT2D eigenvalue weighted by molar-refractivity contribution is 5.91. The van der Waals surface area contributed by atoms with Crippen LogP contribution in [0, 0.1) is 5.82 Å². The van der Waals surface area contributed by atoms with Crippen LogP contribution in [0.3, 0.4) is 0 Å². The molecule has 0 radical (unpaired) electrons. The molecule has 27 heavy (non-hydrogen) atoms. The summed E-state index contributed by atoms with van der Waals surface area (Å²) in [4.78, 5) is 17.3. The van der Waals surface area contributed by atoms with Gasteiger partial charge in [-0.2, -0.15) is 0 Å². The number of nitrogens with zero attached hydrogens (tertiary/aromatic N) is 2. The van der Waals surface area contributed by atoms with Crippen molar-refractivity contribution in [1.82, 2.24) is 4.90 Å². The highest BCUT2D eigenvalue weighted by Gasteiger charge is 2.52. The normalized spacial score (nSPS) is 18.2. The molecule has 0 N–H and O–H groups in total. The molecule has 1 aliphatic heterocycles. The van der Waals surface area contributed by atoms with E-state index < -0.39 is 5.41 Å². The molecule has 1 aliphatic carbocycles. The number of piperidine rings is 1. The maximum Gasteiger partial charge on any atom is 0.233 e. The van der Waals surface area contributed by atoms with Crippen LogP contribution >= 0.6 is 0 Å². The summed E-state index contributed by atoms with van der Waals surface area (Å²) in [5.74, 6) is -0.127. The largest absolute Gasteiger partial charge is 0.372 e. The van der Waals surface area contributed by atoms with E-state index in [9.17, 15) is 9.18 Å². The number of hydrogen-bond acceptors (Lipinski definition) is 2. The molecule has 2 fully saturated rings. The van der Waals surface area contributed by atoms with Gasteiger partial charge in [0.05, 0.1) is 5.41 Å². The molecule has 4 rings (SSSR count). The number of anilines is 1. The molecule has 1 amide bonds. The van der Waals surface area contributed by atoms with Crippen LogP contribution < -0.4 is 4.90 Å². The molecule has 0 unspecified atom stereocenters. The molecule has 1 heterocycles. The summed E-state index contributed by atoms with van der Waals surface area (Å²) in [5.41, 5.74) is 2.90. The van der Waals surface area contributed by atoms with Crippen molar-refractivity contribution in [2.24, 2.45) is 0 Å². The third-order valence-electron chi connectivity index (χ3n) is 5.98. The van der Waals surface area contributed by atoms with Crippen molar-refractivity contribution >= 4 is 11.6 Å². The molecule has 4 heteroatoms. The Morgan fingerprint density at radius 3 is 2.22 bits per heavy atom. The topological polar surface area (TPSA) is 23.6 Å². The fourth-order valence-corrected chi connectivity index (χ4v) is 4.20. The van der Waals surface area contributed by atoms with Crippen molar-refractivity contribution in [2.75, 3.05) is 25.0 Å². The second kappa shape index (κ2) is 7.34. The van der Waals surface area contributed by atoms with Gasteiger partial charge in [0.2, 0.25) is 5.91 Å². The van der Waals surface area contributed by atoms with Crippen molar-refractivity contribution in [3.63, 3.8) is 0 Å². The lowest BCUT2D eigenvalue weighted by molar-refractivity contribution is -0.133. The van der Waals surface area contributed by atoms with E-state index in [-0.39, 0.29) is 11.7 Å². The lowest BCUT2D eigenvalue weighted by atomic mass is 9.94. The Hall–Kier alpha value is -2.36. The Bertz CT molecular complexity index is 790. The number of carbonyl (C=O) groups excluding carboxylic acids is 1. The van der Waals surface area contributed by atoms with Crippen LogP contribution in [0.25, 0.3) is 0 Å². The van der Waals surface area contributed by atoms with Gasteiger partial charge in [-0.15, -0.1) is 0 Å². The molecule has 142 valence electrons. The highest BCUT2D eigenvalue weighted by Crippen LogP contribution is 2.49. The van der Waals surface area contributed by atoms with Crippen molar-refractivity contribution in [3.05, 3.63) is 65.5 Å². The molecule has 0 aromatic heterocycles. The molecule has 3 nitrogen and oxygen atoms in total. The van der Waals surface area contributed by atoms with E-state index >= 15 is 0 Å². The first-order valence-corrected chi connectivity index (χ1v) is 9.94. The zero-order chi connectivity index (χ0) is 18.9. The van der Waals surface area contributed by atoms with Gasteiger partial charge in [-0.25, -0.2) is 4.39 Å². The molecular formula is C23H27FN2O. The third kappa shape index (κ3) is 3.71. The van der Waals surface area contributed by atoms with Crippen molar-refractivity contribution < 1.29 is 9.18 Å². The minimum absolute atomic E-state index is 0.134. The van der Waals surface area contributed by atoms with Gasteiger partial charge in [-0.3, -0.25) is 4.79 Å².